The highest BCUT2D eigenvalue weighted by atomic mass is 19.1. The average molecular weight is 333 g/mol. The van der Waals surface area contributed by atoms with Gasteiger partial charge in [-0.05, 0) is 42.2 Å². The number of halogens is 1. The normalized spacial score (nSPS) is 22.8. The molecule has 0 bridgehead atoms. The van der Waals surface area contributed by atoms with Crippen molar-refractivity contribution in [2.75, 3.05) is 19.7 Å². The SMILES string of the molecule is CC1CC(c2cccc(F)c2)N(CC(O)COCc2ccco2)C1. The molecule has 0 radical (unpaired) electrons. The summed E-state index contributed by atoms with van der Waals surface area (Å²) in [7, 11) is 0. The fourth-order valence-electron chi connectivity index (χ4n) is 3.41. The van der Waals surface area contributed by atoms with Gasteiger partial charge in [-0.25, -0.2) is 4.39 Å². The minimum atomic E-state index is -0.582. The number of benzene rings is 1. The van der Waals surface area contributed by atoms with Crippen molar-refractivity contribution in [3.05, 3.63) is 59.8 Å². The molecule has 1 aromatic heterocycles. The van der Waals surface area contributed by atoms with E-state index in [1.807, 2.05) is 18.2 Å². The molecule has 2 aromatic rings. The van der Waals surface area contributed by atoms with Crippen LogP contribution in [0.4, 0.5) is 4.39 Å². The number of aliphatic hydroxyl groups is 1. The fourth-order valence-corrected chi connectivity index (χ4v) is 3.41. The van der Waals surface area contributed by atoms with Crippen LogP contribution >= 0.6 is 0 Å². The summed E-state index contributed by atoms with van der Waals surface area (Å²) >= 11 is 0. The van der Waals surface area contributed by atoms with Crippen molar-refractivity contribution in [1.82, 2.24) is 4.90 Å². The Kier molecular flexibility index (Phi) is 5.66. The second-order valence-corrected chi connectivity index (χ2v) is 6.61. The van der Waals surface area contributed by atoms with Crippen molar-refractivity contribution >= 4 is 0 Å². The first-order valence-electron chi connectivity index (χ1n) is 8.39. The van der Waals surface area contributed by atoms with E-state index in [-0.39, 0.29) is 18.5 Å². The summed E-state index contributed by atoms with van der Waals surface area (Å²) in [4.78, 5) is 2.22. The van der Waals surface area contributed by atoms with Crippen LogP contribution in [0.15, 0.2) is 47.1 Å². The first-order valence-corrected chi connectivity index (χ1v) is 8.39. The van der Waals surface area contributed by atoms with Crippen LogP contribution in [-0.4, -0.2) is 35.8 Å². The molecular formula is C19H24FNO3. The summed E-state index contributed by atoms with van der Waals surface area (Å²) in [5.41, 5.74) is 0.975. The van der Waals surface area contributed by atoms with E-state index in [0.29, 0.717) is 19.1 Å². The number of hydrogen-bond acceptors (Lipinski definition) is 4. The maximum absolute atomic E-state index is 13.5. The van der Waals surface area contributed by atoms with Gasteiger partial charge in [0.05, 0.1) is 19.0 Å². The fraction of sp³-hybridized carbons (Fsp3) is 0.474. The van der Waals surface area contributed by atoms with Crippen LogP contribution in [0.1, 0.15) is 30.7 Å². The quantitative estimate of drug-likeness (QED) is 0.844. The molecule has 2 heterocycles. The van der Waals surface area contributed by atoms with E-state index < -0.39 is 6.10 Å². The molecular weight excluding hydrogens is 309 g/mol. The van der Waals surface area contributed by atoms with Gasteiger partial charge in [-0.1, -0.05) is 19.1 Å². The Hall–Kier alpha value is -1.69. The van der Waals surface area contributed by atoms with Crippen molar-refractivity contribution in [2.45, 2.75) is 32.1 Å². The number of hydrogen-bond donors (Lipinski definition) is 1. The van der Waals surface area contributed by atoms with E-state index in [4.69, 9.17) is 9.15 Å². The molecule has 1 N–H and O–H groups in total. The van der Waals surface area contributed by atoms with Crippen LogP contribution in [-0.2, 0) is 11.3 Å². The number of likely N-dealkylation sites (tertiary alicyclic amines) is 1. The number of β-amino-alcohol motifs (C(OH)–C–C–N with tert-alkyl or cyclic N) is 1. The van der Waals surface area contributed by atoms with E-state index in [0.717, 1.165) is 24.3 Å². The maximum Gasteiger partial charge on any atom is 0.129 e. The van der Waals surface area contributed by atoms with Crippen molar-refractivity contribution < 1.29 is 18.7 Å². The lowest BCUT2D eigenvalue weighted by Crippen LogP contribution is -2.35. The zero-order chi connectivity index (χ0) is 16.9. The molecule has 0 aliphatic carbocycles. The van der Waals surface area contributed by atoms with Crippen molar-refractivity contribution in [1.29, 1.82) is 0 Å². The van der Waals surface area contributed by atoms with Crippen LogP contribution < -0.4 is 0 Å². The second-order valence-electron chi connectivity index (χ2n) is 6.61. The number of aliphatic hydroxyl groups excluding tert-OH is 1. The van der Waals surface area contributed by atoms with Crippen LogP contribution in [0.5, 0.6) is 0 Å². The molecule has 4 nitrogen and oxygen atoms in total. The van der Waals surface area contributed by atoms with Gasteiger partial charge in [0.2, 0.25) is 0 Å². The van der Waals surface area contributed by atoms with Crippen molar-refractivity contribution in [3.8, 4) is 0 Å². The Balaban J connectivity index is 1.54. The number of ether oxygens (including phenoxy) is 1. The lowest BCUT2D eigenvalue weighted by atomic mass is 10.0. The Morgan fingerprint density at radius 2 is 2.25 bits per heavy atom. The number of nitrogens with zero attached hydrogens (tertiary/aromatic N) is 1. The highest BCUT2D eigenvalue weighted by Crippen LogP contribution is 2.35. The Bertz CT molecular complexity index is 631. The molecule has 0 spiro atoms. The monoisotopic (exact) mass is 333 g/mol. The van der Waals surface area contributed by atoms with Crippen molar-refractivity contribution in [3.63, 3.8) is 0 Å². The third-order valence-electron chi connectivity index (χ3n) is 4.43. The third-order valence-corrected chi connectivity index (χ3v) is 4.43. The van der Waals surface area contributed by atoms with E-state index >= 15 is 0 Å². The molecule has 0 amide bonds. The summed E-state index contributed by atoms with van der Waals surface area (Å²) in [5.74, 6) is 1.05. The van der Waals surface area contributed by atoms with E-state index in [2.05, 4.69) is 11.8 Å². The van der Waals surface area contributed by atoms with Crippen molar-refractivity contribution in [2.24, 2.45) is 5.92 Å². The van der Waals surface area contributed by atoms with Gasteiger partial charge in [-0.3, -0.25) is 4.90 Å². The topological polar surface area (TPSA) is 45.8 Å². The Labute approximate surface area is 141 Å². The van der Waals surface area contributed by atoms with Gasteiger partial charge in [-0.15, -0.1) is 0 Å². The molecule has 1 saturated heterocycles. The van der Waals surface area contributed by atoms with Gasteiger partial charge in [0.15, 0.2) is 0 Å². The van der Waals surface area contributed by atoms with Gasteiger partial charge in [-0.2, -0.15) is 0 Å². The van der Waals surface area contributed by atoms with Gasteiger partial charge in [0.25, 0.3) is 0 Å². The van der Waals surface area contributed by atoms with Gasteiger partial charge < -0.3 is 14.3 Å². The summed E-state index contributed by atoms with van der Waals surface area (Å²) in [6, 6.07) is 10.6. The predicted octanol–water partition coefficient (Wildman–Crippen LogP) is 3.38. The minimum absolute atomic E-state index is 0.149. The molecule has 5 heteroatoms. The van der Waals surface area contributed by atoms with Gasteiger partial charge in [0.1, 0.15) is 18.2 Å². The summed E-state index contributed by atoms with van der Waals surface area (Å²) < 4.78 is 24.2. The van der Waals surface area contributed by atoms with Crippen LogP contribution in [0.3, 0.4) is 0 Å². The maximum atomic E-state index is 13.5. The molecule has 3 atom stereocenters. The van der Waals surface area contributed by atoms with Gasteiger partial charge in [0, 0.05) is 19.1 Å². The molecule has 3 rings (SSSR count). The smallest absolute Gasteiger partial charge is 0.129 e. The molecule has 1 fully saturated rings. The average Bonchev–Trinajstić information content (AvgIpc) is 3.17. The van der Waals surface area contributed by atoms with E-state index in [9.17, 15) is 9.50 Å². The molecule has 1 aliphatic heterocycles. The lowest BCUT2D eigenvalue weighted by molar-refractivity contribution is 0.00277. The molecule has 130 valence electrons. The number of furan rings is 1. The summed E-state index contributed by atoms with van der Waals surface area (Å²) in [6.07, 6.45) is 2.00. The third kappa shape index (κ3) is 4.44. The first kappa shape index (κ1) is 17.1. The van der Waals surface area contributed by atoms with Crippen LogP contribution in [0, 0.1) is 11.7 Å². The summed E-state index contributed by atoms with van der Waals surface area (Å²) in [5, 5.41) is 10.3. The highest BCUT2D eigenvalue weighted by Gasteiger charge is 2.32. The Morgan fingerprint density at radius 1 is 1.38 bits per heavy atom. The van der Waals surface area contributed by atoms with Crippen LogP contribution in [0.2, 0.25) is 0 Å². The predicted molar refractivity (Wildman–Crippen MR) is 88.9 cm³/mol. The van der Waals surface area contributed by atoms with Gasteiger partial charge >= 0.3 is 0 Å². The highest BCUT2D eigenvalue weighted by molar-refractivity contribution is 5.21. The molecule has 24 heavy (non-hydrogen) atoms. The zero-order valence-corrected chi connectivity index (χ0v) is 13.9. The summed E-state index contributed by atoms with van der Waals surface area (Å²) in [6.45, 7) is 4.21. The largest absolute Gasteiger partial charge is 0.467 e. The Morgan fingerprint density at radius 3 is 3.00 bits per heavy atom. The number of rotatable bonds is 7. The zero-order valence-electron chi connectivity index (χ0n) is 13.9. The van der Waals surface area contributed by atoms with E-state index in [1.54, 1.807) is 18.4 Å². The minimum Gasteiger partial charge on any atom is -0.467 e. The molecule has 1 aliphatic rings. The second kappa shape index (κ2) is 7.92. The lowest BCUT2D eigenvalue weighted by Gasteiger charge is -2.27. The molecule has 1 aromatic carbocycles. The first-order chi connectivity index (χ1) is 11.6. The van der Waals surface area contributed by atoms with Crippen LogP contribution in [0.25, 0.3) is 0 Å². The molecule has 0 saturated carbocycles. The molecule has 3 unspecified atom stereocenters. The van der Waals surface area contributed by atoms with E-state index in [1.165, 1.54) is 6.07 Å². The standard InChI is InChI=1S/C19H24FNO3/c1-14-8-19(15-4-2-5-16(20)9-15)21(10-14)11-17(22)12-23-13-18-6-3-7-24-18/h2-7,9,14,17,19,22H,8,10-13H2,1H3.